The van der Waals surface area contributed by atoms with E-state index >= 15 is 0 Å². The predicted octanol–water partition coefficient (Wildman–Crippen LogP) is 1.75. The van der Waals surface area contributed by atoms with E-state index in [4.69, 9.17) is 9.52 Å². The highest BCUT2D eigenvalue weighted by Crippen LogP contribution is 2.31. The van der Waals surface area contributed by atoms with Crippen molar-refractivity contribution in [1.29, 1.82) is 0 Å². The summed E-state index contributed by atoms with van der Waals surface area (Å²) < 4.78 is 66.8. The Balaban J connectivity index is 2.53. The van der Waals surface area contributed by atoms with Crippen LogP contribution < -0.4 is 4.18 Å². The van der Waals surface area contributed by atoms with Crippen LogP contribution in [0, 0.1) is 0 Å². The van der Waals surface area contributed by atoms with Gasteiger partial charge < -0.3 is 13.7 Å². The fourth-order valence-corrected chi connectivity index (χ4v) is 1.68. The number of fused-ring (bicyclic) bond motifs is 1. The van der Waals surface area contributed by atoms with Crippen LogP contribution in [0.1, 0.15) is 10.6 Å². The summed E-state index contributed by atoms with van der Waals surface area (Å²) in [5, 5.41) is 8.72. The van der Waals surface area contributed by atoms with Crippen molar-refractivity contribution in [3.05, 3.63) is 24.1 Å². The molecule has 0 aliphatic carbocycles. The zero-order chi connectivity index (χ0) is 15.1. The Labute approximate surface area is 108 Å². The Morgan fingerprint density at radius 3 is 2.60 bits per heavy atom. The first-order chi connectivity index (χ1) is 9.12. The van der Waals surface area contributed by atoms with Crippen LogP contribution in [0.25, 0.3) is 11.0 Å². The molecule has 11 heteroatoms. The molecule has 0 bridgehead atoms. The SMILES string of the molecule is O=C(O)c1cc2ccnc(OS(=O)(=O)C(F)(F)F)c2o1. The van der Waals surface area contributed by atoms with Crippen LogP contribution in [0.4, 0.5) is 13.2 Å². The van der Waals surface area contributed by atoms with Gasteiger partial charge >= 0.3 is 21.6 Å². The molecular weight excluding hydrogens is 307 g/mol. The Kier molecular flexibility index (Phi) is 3.08. The van der Waals surface area contributed by atoms with Gasteiger partial charge in [0.1, 0.15) is 0 Å². The molecule has 0 aliphatic rings. The molecule has 0 fully saturated rings. The molecule has 2 rings (SSSR count). The maximum absolute atomic E-state index is 12.2. The third-order valence-corrected chi connectivity index (χ3v) is 3.03. The molecule has 7 nitrogen and oxygen atoms in total. The van der Waals surface area contributed by atoms with Gasteiger partial charge in [0.25, 0.3) is 5.88 Å². The van der Waals surface area contributed by atoms with Crippen LogP contribution in [-0.4, -0.2) is 30.0 Å². The summed E-state index contributed by atoms with van der Waals surface area (Å²) in [7, 11) is -5.92. The maximum Gasteiger partial charge on any atom is 0.534 e. The third-order valence-electron chi connectivity index (χ3n) is 2.08. The first kappa shape index (κ1) is 14.1. The number of carbonyl (C=O) groups is 1. The molecule has 2 aromatic rings. The number of furan rings is 1. The third kappa shape index (κ3) is 2.39. The van der Waals surface area contributed by atoms with Crippen LogP contribution in [0.5, 0.6) is 5.88 Å². The second-order valence-corrected chi connectivity index (χ2v) is 4.97. The number of alkyl halides is 3. The minimum Gasteiger partial charge on any atom is -0.475 e. The monoisotopic (exact) mass is 311 g/mol. The van der Waals surface area contributed by atoms with Crippen molar-refractivity contribution < 1.29 is 40.1 Å². The molecule has 1 N–H and O–H groups in total. The smallest absolute Gasteiger partial charge is 0.475 e. The molecule has 2 heterocycles. The van der Waals surface area contributed by atoms with Gasteiger partial charge in [-0.2, -0.15) is 21.6 Å². The number of rotatable bonds is 3. The molecule has 20 heavy (non-hydrogen) atoms. The number of aromatic carboxylic acids is 1. The number of pyridine rings is 1. The average Bonchev–Trinajstić information content (AvgIpc) is 2.72. The highest BCUT2D eigenvalue weighted by atomic mass is 32.2. The summed E-state index contributed by atoms with van der Waals surface area (Å²) in [6, 6.07) is 2.21. The van der Waals surface area contributed by atoms with Gasteiger partial charge in [0.15, 0.2) is 5.58 Å². The van der Waals surface area contributed by atoms with Crippen LogP contribution in [0.2, 0.25) is 0 Å². The van der Waals surface area contributed by atoms with Gasteiger partial charge in [-0.3, -0.25) is 0 Å². The Hall–Kier alpha value is -2.30. The molecule has 0 atom stereocenters. The minimum absolute atomic E-state index is 0.0322. The maximum atomic E-state index is 12.2. The quantitative estimate of drug-likeness (QED) is 0.679. The zero-order valence-corrected chi connectivity index (χ0v) is 10.0. The Bertz CT molecular complexity index is 779. The summed E-state index contributed by atoms with van der Waals surface area (Å²) in [5.74, 6) is -3.07. The van der Waals surface area contributed by atoms with E-state index < -0.39 is 38.8 Å². The van der Waals surface area contributed by atoms with E-state index in [1.807, 2.05) is 0 Å². The van der Waals surface area contributed by atoms with E-state index in [1.165, 1.54) is 6.07 Å². The van der Waals surface area contributed by atoms with Crippen molar-refractivity contribution >= 4 is 27.1 Å². The lowest BCUT2D eigenvalue weighted by atomic mass is 10.3. The van der Waals surface area contributed by atoms with Crippen molar-refractivity contribution in [3.63, 3.8) is 0 Å². The first-order valence-electron chi connectivity index (χ1n) is 4.74. The van der Waals surface area contributed by atoms with Gasteiger partial charge in [-0.25, -0.2) is 9.78 Å². The van der Waals surface area contributed by atoms with E-state index in [1.54, 1.807) is 0 Å². The number of hydrogen-bond donors (Lipinski definition) is 1. The van der Waals surface area contributed by atoms with Crippen LogP contribution in [0.15, 0.2) is 22.7 Å². The lowest BCUT2D eigenvalue weighted by Crippen LogP contribution is -2.28. The molecule has 0 saturated carbocycles. The normalized spacial score (nSPS) is 12.6. The molecule has 108 valence electrons. The van der Waals surface area contributed by atoms with Crippen molar-refractivity contribution in [3.8, 4) is 5.88 Å². The van der Waals surface area contributed by atoms with Gasteiger partial charge in [-0.1, -0.05) is 0 Å². The number of hydrogen-bond acceptors (Lipinski definition) is 6. The van der Waals surface area contributed by atoms with Crippen LogP contribution in [-0.2, 0) is 10.1 Å². The predicted molar refractivity (Wildman–Crippen MR) is 56.6 cm³/mol. The highest BCUT2D eigenvalue weighted by molar-refractivity contribution is 7.88. The second-order valence-electron chi connectivity index (χ2n) is 3.43. The number of carboxylic acid groups (broad SMARTS) is 1. The largest absolute Gasteiger partial charge is 0.534 e. The molecule has 0 aliphatic heterocycles. The average molecular weight is 311 g/mol. The minimum atomic E-state index is -5.92. The Morgan fingerprint density at radius 1 is 1.40 bits per heavy atom. The number of nitrogens with zero attached hydrogens (tertiary/aromatic N) is 1. The lowest BCUT2D eigenvalue weighted by molar-refractivity contribution is -0.0501. The number of aromatic nitrogens is 1. The van der Waals surface area contributed by atoms with E-state index in [2.05, 4.69) is 9.17 Å². The van der Waals surface area contributed by atoms with Crippen molar-refractivity contribution in [1.82, 2.24) is 4.98 Å². The lowest BCUT2D eigenvalue weighted by Gasteiger charge is -2.08. The van der Waals surface area contributed by atoms with Crippen LogP contribution in [0.3, 0.4) is 0 Å². The molecule has 0 spiro atoms. The first-order valence-corrected chi connectivity index (χ1v) is 6.15. The van der Waals surface area contributed by atoms with Crippen LogP contribution >= 0.6 is 0 Å². The molecule has 0 aromatic carbocycles. The molecule has 2 aromatic heterocycles. The van der Waals surface area contributed by atoms with E-state index in [9.17, 15) is 26.4 Å². The second kappa shape index (κ2) is 4.37. The van der Waals surface area contributed by atoms with Gasteiger partial charge in [0.05, 0.1) is 0 Å². The topological polar surface area (TPSA) is 107 Å². The van der Waals surface area contributed by atoms with Gasteiger partial charge in [0.2, 0.25) is 5.76 Å². The molecule has 0 amide bonds. The summed E-state index contributed by atoms with van der Waals surface area (Å²) in [4.78, 5) is 14.0. The van der Waals surface area contributed by atoms with Gasteiger partial charge in [-0.15, -0.1) is 0 Å². The summed E-state index contributed by atoms with van der Waals surface area (Å²) in [6.07, 6.45) is 0.949. The summed E-state index contributed by atoms with van der Waals surface area (Å²) >= 11 is 0. The Morgan fingerprint density at radius 2 is 2.05 bits per heavy atom. The standard InChI is InChI=1S/C9H4F3NO6S/c10-9(11,12)20(16,17)19-7-6-4(1-2-13-7)3-5(18-6)8(14)15/h1-3H,(H,14,15). The highest BCUT2D eigenvalue weighted by Gasteiger charge is 2.49. The zero-order valence-electron chi connectivity index (χ0n) is 9.21. The van der Waals surface area contributed by atoms with E-state index in [-0.39, 0.29) is 5.39 Å². The fourth-order valence-electron chi connectivity index (χ4n) is 1.26. The summed E-state index contributed by atoms with van der Waals surface area (Å²) in [5.41, 5.74) is -6.16. The molecule has 0 unspecified atom stereocenters. The summed E-state index contributed by atoms with van der Waals surface area (Å²) in [6.45, 7) is 0. The van der Waals surface area contributed by atoms with Gasteiger partial charge in [0, 0.05) is 11.6 Å². The molecule has 0 saturated heterocycles. The van der Waals surface area contributed by atoms with Crippen molar-refractivity contribution in [2.45, 2.75) is 5.51 Å². The number of carboxylic acids is 1. The number of halogens is 3. The van der Waals surface area contributed by atoms with Gasteiger partial charge in [-0.05, 0) is 12.1 Å². The van der Waals surface area contributed by atoms with E-state index in [0.717, 1.165) is 12.3 Å². The van der Waals surface area contributed by atoms with E-state index in [0.29, 0.717) is 0 Å². The molecular formula is C9H4F3NO6S. The van der Waals surface area contributed by atoms with Crippen molar-refractivity contribution in [2.24, 2.45) is 0 Å². The van der Waals surface area contributed by atoms with Crippen molar-refractivity contribution in [2.75, 3.05) is 0 Å². The molecule has 0 radical (unpaired) electrons. The fraction of sp³-hybridized carbons (Fsp3) is 0.111.